The van der Waals surface area contributed by atoms with E-state index in [1.807, 2.05) is 36.4 Å². The second-order valence-corrected chi connectivity index (χ2v) is 6.67. The molecule has 1 aromatic heterocycles. The highest BCUT2D eigenvalue weighted by Gasteiger charge is 2.11. The van der Waals surface area contributed by atoms with E-state index in [0.29, 0.717) is 23.9 Å². The average molecular weight is 406 g/mol. The van der Waals surface area contributed by atoms with Crippen LogP contribution < -0.4 is 20.1 Å². The third-order valence-corrected chi connectivity index (χ3v) is 4.57. The van der Waals surface area contributed by atoms with Crippen LogP contribution in [0.1, 0.15) is 25.3 Å². The van der Waals surface area contributed by atoms with Crippen molar-refractivity contribution in [2.24, 2.45) is 0 Å². The Balaban J connectivity index is 1.74. The molecular formula is C23H26N4O3. The molecule has 0 bridgehead atoms. The zero-order chi connectivity index (χ0) is 21.3. The maximum atomic E-state index is 11.8. The first-order valence-electron chi connectivity index (χ1n) is 9.84. The van der Waals surface area contributed by atoms with Crippen LogP contribution in [-0.4, -0.2) is 36.6 Å². The Labute approximate surface area is 176 Å². The van der Waals surface area contributed by atoms with Crippen LogP contribution in [0.5, 0.6) is 11.5 Å². The van der Waals surface area contributed by atoms with Crippen molar-refractivity contribution < 1.29 is 14.3 Å². The van der Waals surface area contributed by atoms with Crippen LogP contribution in [-0.2, 0) is 4.79 Å². The number of anilines is 2. The highest BCUT2D eigenvalue weighted by molar-refractivity contribution is 5.93. The van der Waals surface area contributed by atoms with E-state index in [4.69, 9.17) is 9.47 Å². The van der Waals surface area contributed by atoms with Gasteiger partial charge in [0, 0.05) is 29.8 Å². The number of benzene rings is 2. The van der Waals surface area contributed by atoms with Crippen LogP contribution in [0, 0.1) is 0 Å². The number of amides is 1. The third kappa shape index (κ3) is 5.26. The number of rotatable bonds is 9. The van der Waals surface area contributed by atoms with Crippen molar-refractivity contribution in [2.45, 2.75) is 19.8 Å². The number of unbranched alkanes of at least 4 members (excludes halogenated alkanes) is 1. The Morgan fingerprint density at radius 3 is 2.50 bits per heavy atom. The normalized spacial score (nSPS) is 10.9. The smallest absolute Gasteiger partial charge is 0.243 e. The van der Waals surface area contributed by atoms with Gasteiger partial charge in [-0.3, -0.25) is 4.79 Å². The first-order chi connectivity index (χ1) is 14.6. The summed E-state index contributed by atoms with van der Waals surface area (Å²) in [7, 11) is 3.19. The molecule has 1 heterocycles. The number of hydrogen-bond donors (Lipinski definition) is 2. The van der Waals surface area contributed by atoms with Crippen molar-refractivity contribution in [3.63, 3.8) is 0 Å². The van der Waals surface area contributed by atoms with Gasteiger partial charge in [-0.05, 0) is 36.3 Å². The number of fused-ring (bicyclic) bond motifs is 1. The minimum Gasteiger partial charge on any atom is -0.493 e. The summed E-state index contributed by atoms with van der Waals surface area (Å²) in [6, 6.07) is 11.4. The van der Waals surface area contributed by atoms with Crippen molar-refractivity contribution in [1.82, 2.24) is 15.3 Å². The van der Waals surface area contributed by atoms with Crippen LogP contribution in [0.4, 0.5) is 11.5 Å². The fourth-order valence-corrected chi connectivity index (χ4v) is 2.92. The molecule has 0 aliphatic carbocycles. The Kier molecular flexibility index (Phi) is 7.21. The van der Waals surface area contributed by atoms with Gasteiger partial charge < -0.3 is 20.1 Å². The van der Waals surface area contributed by atoms with Gasteiger partial charge in [0.25, 0.3) is 0 Å². The summed E-state index contributed by atoms with van der Waals surface area (Å²) < 4.78 is 10.7. The van der Waals surface area contributed by atoms with E-state index in [0.717, 1.165) is 35.0 Å². The molecule has 0 fully saturated rings. The molecule has 0 unspecified atom stereocenters. The number of ether oxygens (including phenoxy) is 2. The SMILES string of the molecule is CCCCNC(=O)/C=C/c1ccc(Nc2ncnc3cc(OC)c(OC)cc23)cc1. The highest BCUT2D eigenvalue weighted by Crippen LogP contribution is 2.34. The van der Waals surface area contributed by atoms with Crippen LogP contribution in [0.2, 0.25) is 0 Å². The Morgan fingerprint density at radius 1 is 1.07 bits per heavy atom. The highest BCUT2D eigenvalue weighted by atomic mass is 16.5. The standard InChI is InChI=1S/C23H26N4O3/c1-4-5-12-24-22(28)11-8-16-6-9-17(10-7-16)27-23-18-13-20(29-2)21(30-3)14-19(18)25-15-26-23/h6-11,13-15H,4-5,12H2,1-3H3,(H,24,28)(H,25,26,27)/b11-8+. The minimum absolute atomic E-state index is 0.0810. The molecule has 0 aliphatic rings. The summed E-state index contributed by atoms with van der Waals surface area (Å²) in [5.41, 5.74) is 2.55. The monoisotopic (exact) mass is 406 g/mol. The lowest BCUT2D eigenvalue weighted by atomic mass is 10.1. The van der Waals surface area contributed by atoms with Gasteiger partial charge in [0.15, 0.2) is 11.5 Å². The fraction of sp³-hybridized carbons (Fsp3) is 0.261. The van der Waals surface area contributed by atoms with Gasteiger partial charge in [0.2, 0.25) is 5.91 Å². The average Bonchev–Trinajstić information content (AvgIpc) is 2.78. The number of aromatic nitrogens is 2. The Hall–Kier alpha value is -3.61. The molecule has 0 saturated heterocycles. The van der Waals surface area contributed by atoms with Gasteiger partial charge in [-0.25, -0.2) is 9.97 Å². The van der Waals surface area contributed by atoms with Gasteiger partial charge in [-0.2, -0.15) is 0 Å². The van der Waals surface area contributed by atoms with Crippen LogP contribution in [0.15, 0.2) is 48.8 Å². The zero-order valence-corrected chi connectivity index (χ0v) is 17.4. The van der Waals surface area contributed by atoms with Crippen molar-refractivity contribution in [3.8, 4) is 11.5 Å². The van der Waals surface area contributed by atoms with Crippen molar-refractivity contribution in [3.05, 3.63) is 54.4 Å². The molecule has 0 spiro atoms. The van der Waals surface area contributed by atoms with E-state index in [1.165, 1.54) is 6.33 Å². The Bertz CT molecular complexity index is 1030. The lowest BCUT2D eigenvalue weighted by molar-refractivity contribution is -0.116. The maximum absolute atomic E-state index is 11.8. The Morgan fingerprint density at radius 2 is 1.80 bits per heavy atom. The van der Waals surface area contributed by atoms with Crippen molar-refractivity contribution in [2.75, 3.05) is 26.1 Å². The number of hydrogen-bond acceptors (Lipinski definition) is 6. The van der Waals surface area contributed by atoms with Gasteiger partial charge in [-0.1, -0.05) is 25.5 Å². The number of carbonyl (C=O) groups excluding carboxylic acids is 1. The summed E-state index contributed by atoms with van der Waals surface area (Å²) in [6.45, 7) is 2.79. The minimum atomic E-state index is -0.0810. The predicted octanol–water partition coefficient (Wildman–Crippen LogP) is 4.32. The van der Waals surface area contributed by atoms with Gasteiger partial charge in [-0.15, -0.1) is 0 Å². The molecule has 2 N–H and O–H groups in total. The third-order valence-electron chi connectivity index (χ3n) is 4.57. The predicted molar refractivity (Wildman–Crippen MR) is 119 cm³/mol. The van der Waals surface area contributed by atoms with Crippen LogP contribution in [0.25, 0.3) is 17.0 Å². The molecule has 1 amide bonds. The van der Waals surface area contributed by atoms with E-state index in [2.05, 4.69) is 27.5 Å². The first-order valence-corrected chi connectivity index (χ1v) is 9.84. The van der Waals surface area contributed by atoms with Crippen molar-refractivity contribution >= 4 is 34.4 Å². The largest absolute Gasteiger partial charge is 0.493 e. The first kappa shape index (κ1) is 21.1. The molecule has 0 saturated carbocycles. The molecule has 30 heavy (non-hydrogen) atoms. The number of nitrogens with zero attached hydrogens (tertiary/aromatic N) is 2. The van der Waals surface area contributed by atoms with Crippen molar-refractivity contribution in [1.29, 1.82) is 0 Å². The maximum Gasteiger partial charge on any atom is 0.243 e. The summed E-state index contributed by atoms with van der Waals surface area (Å²) in [5, 5.41) is 6.99. The topological polar surface area (TPSA) is 85.4 Å². The van der Waals surface area contributed by atoms with E-state index in [9.17, 15) is 4.79 Å². The fourth-order valence-electron chi connectivity index (χ4n) is 2.92. The van der Waals surface area contributed by atoms with E-state index >= 15 is 0 Å². The summed E-state index contributed by atoms with van der Waals surface area (Å²) in [5.74, 6) is 1.81. The van der Waals surface area contributed by atoms with E-state index in [-0.39, 0.29) is 5.91 Å². The molecule has 0 atom stereocenters. The number of methoxy groups -OCH3 is 2. The molecule has 7 nitrogen and oxygen atoms in total. The summed E-state index contributed by atoms with van der Waals surface area (Å²) >= 11 is 0. The molecule has 7 heteroatoms. The second kappa shape index (κ2) is 10.2. The zero-order valence-electron chi connectivity index (χ0n) is 17.4. The van der Waals surface area contributed by atoms with Gasteiger partial charge in [0.1, 0.15) is 12.1 Å². The number of carbonyl (C=O) groups is 1. The second-order valence-electron chi connectivity index (χ2n) is 6.67. The van der Waals surface area contributed by atoms with Crippen LogP contribution >= 0.6 is 0 Å². The van der Waals surface area contributed by atoms with Gasteiger partial charge >= 0.3 is 0 Å². The molecule has 156 valence electrons. The van der Waals surface area contributed by atoms with Gasteiger partial charge in [0.05, 0.1) is 19.7 Å². The quantitative estimate of drug-likeness (QED) is 0.407. The number of nitrogens with one attached hydrogen (secondary N) is 2. The summed E-state index contributed by atoms with van der Waals surface area (Å²) in [6.07, 6.45) is 6.89. The van der Waals surface area contributed by atoms with E-state index < -0.39 is 0 Å². The van der Waals surface area contributed by atoms with Crippen LogP contribution in [0.3, 0.4) is 0 Å². The molecular weight excluding hydrogens is 380 g/mol. The molecule has 2 aromatic carbocycles. The molecule has 3 aromatic rings. The molecule has 0 radical (unpaired) electrons. The summed E-state index contributed by atoms with van der Waals surface area (Å²) in [4.78, 5) is 20.5. The molecule has 3 rings (SSSR count). The van der Waals surface area contributed by atoms with E-state index in [1.54, 1.807) is 26.4 Å². The lowest BCUT2D eigenvalue weighted by Crippen LogP contribution is -2.21. The molecule has 0 aliphatic heterocycles. The lowest BCUT2D eigenvalue weighted by Gasteiger charge is -2.12.